The summed E-state index contributed by atoms with van der Waals surface area (Å²) in [6, 6.07) is 0.655. The number of hydrogen-bond donors (Lipinski definition) is 2. The molecule has 1 fully saturated rings. The zero-order valence-corrected chi connectivity index (χ0v) is 13.6. The molecule has 1 rings (SSSR count). The fourth-order valence-electron chi connectivity index (χ4n) is 2.58. The summed E-state index contributed by atoms with van der Waals surface area (Å²) >= 11 is 0. The summed E-state index contributed by atoms with van der Waals surface area (Å²) in [4.78, 5) is 6.81. The van der Waals surface area contributed by atoms with E-state index in [9.17, 15) is 0 Å². The molecule has 0 saturated carbocycles. The van der Waals surface area contributed by atoms with E-state index in [1.54, 1.807) is 0 Å². The lowest BCUT2D eigenvalue weighted by atomic mass is 10.2. The first-order chi connectivity index (χ1) is 9.67. The van der Waals surface area contributed by atoms with E-state index in [1.807, 2.05) is 7.05 Å². The van der Waals surface area contributed by atoms with Crippen molar-refractivity contribution in [3.8, 4) is 0 Å². The minimum Gasteiger partial charge on any atom is -0.379 e. The number of rotatable bonds is 8. The molecule has 1 saturated heterocycles. The van der Waals surface area contributed by atoms with E-state index in [-0.39, 0.29) is 0 Å². The van der Waals surface area contributed by atoms with Crippen LogP contribution in [-0.4, -0.2) is 62.8 Å². The Morgan fingerprint density at radius 1 is 1.40 bits per heavy atom. The van der Waals surface area contributed by atoms with E-state index in [0.29, 0.717) is 12.1 Å². The van der Waals surface area contributed by atoms with E-state index < -0.39 is 0 Å². The smallest absolute Gasteiger partial charge is 0.191 e. The Kier molecular flexibility index (Phi) is 8.62. The van der Waals surface area contributed by atoms with Crippen LogP contribution in [0.15, 0.2) is 4.99 Å². The van der Waals surface area contributed by atoms with Crippen molar-refractivity contribution in [1.29, 1.82) is 0 Å². The molecule has 5 heteroatoms. The maximum atomic E-state index is 5.52. The lowest BCUT2D eigenvalue weighted by molar-refractivity contribution is 0.0776. The molecule has 0 radical (unpaired) electrons. The average Bonchev–Trinajstić information content (AvgIpc) is 2.89. The first kappa shape index (κ1) is 17.2. The average molecular weight is 284 g/mol. The monoisotopic (exact) mass is 284 g/mol. The maximum absolute atomic E-state index is 5.52. The number of ether oxygens (including phenoxy) is 1. The topological polar surface area (TPSA) is 48.9 Å². The fourth-order valence-corrected chi connectivity index (χ4v) is 2.58. The Morgan fingerprint density at radius 2 is 2.20 bits per heavy atom. The summed E-state index contributed by atoms with van der Waals surface area (Å²) in [6.45, 7) is 11.4. The van der Waals surface area contributed by atoms with Crippen molar-refractivity contribution in [3.05, 3.63) is 0 Å². The first-order valence-electron chi connectivity index (χ1n) is 7.97. The summed E-state index contributed by atoms with van der Waals surface area (Å²) < 4.78 is 5.52. The number of aliphatic imine (C=N–C) groups is 1. The second-order valence-electron chi connectivity index (χ2n) is 5.58. The predicted molar refractivity (Wildman–Crippen MR) is 85.3 cm³/mol. The number of likely N-dealkylation sites (tertiary alicyclic amines) is 1. The molecular formula is C15H32N4O. The van der Waals surface area contributed by atoms with Gasteiger partial charge in [-0.3, -0.25) is 9.89 Å². The van der Waals surface area contributed by atoms with Gasteiger partial charge >= 0.3 is 0 Å². The van der Waals surface area contributed by atoms with Gasteiger partial charge in [-0.05, 0) is 46.2 Å². The number of hydrogen-bond acceptors (Lipinski definition) is 3. The molecule has 1 atom stereocenters. The predicted octanol–water partition coefficient (Wildman–Crippen LogP) is 1.45. The molecule has 5 nitrogen and oxygen atoms in total. The standard InChI is InChI=1S/C15H32N4O/c1-5-19-10-6-8-14(19)12-18-15(16-4)17-9-7-11-20-13(2)3/h13-14H,5-12H2,1-4H3,(H2,16,17,18). The van der Waals surface area contributed by atoms with Crippen LogP contribution in [0.1, 0.15) is 40.0 Å². The molecule has 1 heterocycles. The van der Waals surface area contributed by atoms with Gasteiger partial charge in [-0.1, -0.05) is 6.92 Å². The van der Waals surface area contributed by atoms with Gasteiger partial charge in [0, 0.05) is 32.8 Å². The quantitative estimate of drug-likeness (QED) is 0.402. The number of guanidine groups is 1. The first-order valence-corrected chi connectivity index (χ1v) is 7.97. The molecule has 118 valence electrons. The Hall–Kier alpha value is -0.810. The molecule has 0 aromatic heterocycles. The third-order valence-corrected chi connectivity index (χ3v) is 3.70. The highest BCUT2D eigenvalue weighted by Gasteiger charge is 2.22. The van der Waals surface area contributed by atoms with E-state index in [1.165, 1.54) is 19.4 Å². The Labute approximate surface area is 124 Å². The molecule has 20 heavy (non-hydrogen) atoms. The van der Waals surface area contributed by atoms with Gasteiger partial charge in [0.2, 0.25) is 0 Å². The van der Waals surface area contributed by atoms with Gasteiger partial charge < -0.3 is 15.4 Å². The zero-order valence-electron chi connectivity index (χ0n) is 13.6. The Balaban J connectivity index is 2.13. The van der Waals surface area contributed by atoms with Gasteiger partial charge in [-0.2, -0.15) is 0 Å². The number of nitrogens with one attached hydrogen (secondary N) is 2. The molecule has 2 N–H and O–H groups in total. The molecule has 0 aromatic carbocycles. The van der Waals surface area contributed by atoms with Gasteiger partial charge in [0.15, 0.2) is 5.96 Å². The molecule has 0 aromatic rings. The summed E-state index contributed by atoms with van der Waals surface area (Å²) in [6.07, 6.45) is 3.93. The second-order valence-corrected chi connectivity index (χ2v) is 5.58. The summed E-state index contributed by atoms with van der Waals surface area (Å²) in [7, 11) is 1.83. The molecule has 1 aliphatic heterocycles. The summed E-state index contributed by atoms with van der Waals surface area (Å²) in [5, 5.41) is 6.77. The van der Waals surface area contributed by atoms with E-state index >= 15 is 0 Å². The van der Waals surface area contributed by atoms with E-state index in [4.69, 9.17) is 4.74 Å². The van der Waals surface area contributed by atoms with Gasteiger partial charge in [0.25, 0.3) is 0 Å². The highest BCUT2D eigenvalue weighted by molar-refractivity contribution is 5.79. The third-order valence-electron chi connectivity index (χ3n) is 3.70. The van der Waals surface area contributed by atoms with E-state index in [2.05, 4.69) is 41.3 Å². The van der Waals surface area contributed by atoms with Gasteiger partial charge in [0.05, 0.1) is 6.10 Å². The van der Waals surface area contributed by atoms with Crippen molar-refractivity contribution in [2.45, 2.75) is 52.2 Å². The molecule has 0 spiro atoms. The number of nitrogens with zero attached hydrogens (tertiary/aromatic N) is 2. The largest absolute Gasteiger partial charge is 0.379 e. The lowest BCUT2D eigenvalue weighted by Gasteiger charge is -2.24. The van der Waals surface area contributed by atoms with Crippen LogP contribution in [0.5, 0.6) is 0 Å². The van der Waals surface area contributed by atoms with Crippen molar-refractivity contribution >= 4 is 5.96 Å². The SMILES string of the molecule is CCN1CCCC1CNC(=NC)NCCCOC(C)C. The van der Waals surface area contributed by atoms with Crippen LogP contribution in [-0.2, 0) is 4.74 Å². The fraction of sp³-hybridized carbons (Fsp3) is 0.933. The highest BCUT2D eigenvalue weighted by atomic mass is 16.5. The molecule has 0 aliphatic carbocycles. The number of likely N-dealkylation sites (N-methyl/N-ethyl adjacent to an activating group) is 1. The second kappa shape index (κ2) is 10.00. The molecule has 0 amide bonds. The van der Waals surface area contributed by atoms with Crippen LogP contribution in [0.25, 0.3) is 0 Å². The molecule has 0 bridgehead atoms. The minimum atomic E-state index is 0.315. The van der Waals surface area contributed by atoms with Gasteiger partial charge in [-0.25, -0.2) is 0 Å². The zero-order chi connectivity index (χ0) is 14.8. The highest BCUT2D eigenvalue weighted by Crippen LogP contribution is 2.15. The molecule has 1 unspecified atom stereocenters. The van der Waals surface area contributed by atoms with Crippen LogP contribution >= 0.6 is 0 Å². The van der Waals surface area contributed by atoms with Crippen molar-refractivity contribution in [2.75, 3.05) is 39.8 Å². The lowest BCUT2D eigenvalue weighted by Crippen LogP contribution is -2.45. The Bertz CT molecular complexity index is 281. The normalized spacial score (nSPS) is 20.6. The van der Waals surface area contributed by atoms with Crippen LogP contribution in [0.3, 0.4) is 0 Å². The van der Waals surface area contributed by atoms with Crippen LogP contribution in [0.4, 0.5) is 0 Å². The van der Waals surface area contributed by atoms with Gasteiger partial charge in [-0.15, -0.1) is 0 Å². The van der Waals surface area contributed by atoms with Crippen molar-refractivity contribution < 1.29 is 4.74 Å². The maximum Gasteiger partial charge on any atom is 0.191 e. The van der Waals surface area contributed by atoms with Gasteiger partial charge in [0.1, 0.15) is 0 Å². The summed E-state index contributed by atoms with van der Waals surface area (Å²) in [5.74, 6) is 0.900. The summed E-state index contributed by atoms with van der Waals surface area (Å²) in [5.41, 5.74) is 0. The van der Waals surface area contributed by atoms with Crippen LogP contribution in [0, 0.1) is 0 Å². The molecule has 1 aliphatic rings. The Morgan fingerprint density at radius 3 is 2.85 bits per heavy atom. The van der Waals surface area contributed by atoms with Crippen LogP contribution in [0.2, 0.25) is 0 Å². The van der Waals surface area contributed by atoms with Crippen molar-refractivity contribution in [2.24, 2.45) is 4.99 Å². The van der Waals surface area contributed by atoms with Crippen molar-refractivity contribution in [1.82, 2.24) is 15.5 Å². The van der Waals surface area contributed by atoms with Crippen LogP contribution < -0.4 is 10.6 Å². The molecular weight excluding hydrogens is 252 g/mol. The minimum absolute atomic E-state index is 0.315. The van der Waals surface area contributed by atoms with Crippen molar-refractivity contribution in [3.63, 3.8) is 0 Å². The van der Waals surface area contributed by atoms with E-state index in [0.717, 1.165) is 38.6 Å². The third kappa shape index (κ3) is 6.57.